The van der Waals surface area contributed by atoms with Crippen molar-refractivity contribution in [1.82, 2.24) is 10.2 Å². The molecule has 1 unspecified atom stereocenters. The molecule has 0 aromatic heterocycles. The summed E-state index contributed by atoms with van der Waals surface area (Å²) in [5.74, 6) is 3.17. The summed E-state index contributed by atoms with van der Waals surface area (Å²) < 4.78 is 21.7. The zero-order chi connectivity index (χ0) is 20.0. The largest absolute Gasteiger partial charge is 0.497 e. The Morgan fingerprint density at radius 2 is 2.07 bits per heavy atom. The number of aliphatic imine (C=N–C) groups is 1. The lowest BCUT2D eigenvalue weighted by molar-refractivity contribution is 0.0536. The van der Waals surface area contributed by atoms with Crippen LogP contribution in [0.2, 0.25) is 0 Å². The molecule has 0 saturated carbocycles. The quantitative estimate of drug-likeness (QED) is 0.334. The van der Waals surface area contributed by atoms with E-state index in [9.17, 15) is 0 Å². The lowest BCUT2D eigenvalue weighted by Crippen LogP contribution is -2.40. The highest BCUT2D eigenvalue weighted by Crippen LogP contribution is 2.19. The Hall–Kier alpha value is -1.99. The van der Waals surface area contributed by atoms with Crippen molar-refractivity contribution in [2.24, 2.45) is 10.9 Å². The molecule has 1 heterocycles. The highest BCUT2D eigenvalue weighted by atomic mass is 16.5. The maximum Gasteiger partial charge on any atom is 0.193 e. The smallest absolute Gasteiger partial charge is 0.193 e. The van der Waals surface area contributed by atoms with E-state index in [1.54, 1.807) is 14.2 Å². The van der Waals surface area contributed by atoms with Gasteiger partial charge < -0.3 is 29.2 Å². The molecule has 2 rings (SSSR count). The molecule has 1 fully saturated rings. The summed E-state index contributed by atoms with van der Waals surface area (Å²) in [6.07, 6.45) is 2.00. The Kier molecular flexibility index (Phi) is 10.5. The molecule has 1 aliphatic rings. The normalized spacial score (nSPS) is 17.0. The molecule has 28 heavy (non-hydrogen) atoms. The van der Waals surface area contributed by atoms with Gasteiger partial charge in [-0.2, -0.15) is 0 Å². The number of nitrogens with zero attached hydrogens (tertiary/aromatic N) is 2. The minimum absolute atomic E-state index is 0.553. The molecule has 0 radical (unpaired) electrons. The standard InChI is InChI=1S/C21H35N3O4/c1-4-22-21(24-11-9-18(16-24)17-27-14-13-25-2)23-10-6-12-28-20-8-5-7-19(15-20)26-3/h5,7-8,15,18H,4,6,9-14,16-17H2,1-3H3,(H,22,23). The van der Waals surface area contributed by atoms with Crippen molar-refractivity contribution in [3.63, 3.8) is 0 Å². The van der Waals surface area contributed by atoms with Gasteiger partial charge in [-0.05, 0) is 25.5 Å². The molecule has 1 atom stereocenters. The fraction of sp³-hybridized carbons (Fsp3) is 0.667. The molecule has 1 aliphatic heterocycles. The first kappa shape index (κ1) is 22.3. The van der Waals surface area contributed by atoms with E-state index in [0.717, 1.165) is 63.1 Å². The van der Waals surface area contributed by atoms with Crippen molar-refractivity contribution in [3.8, 4) is 11.5 Å². The van der Waals surface area contributed by atoms with Crippen LogP contribution in [0.4, 0.5) is 0 Å². The molecule has 0 bridgehead atoms. The number of methoxy groups -OCH3 is 2. The van der Waals surface area contributed by atoms with Crippen LogP contribution >= 0.6 is 0 Å². The van der Waals surface area contributed by atoms with Crippen LogP contribution < -0.4 is 14.8 Å². The first-order chi connectivity index (χ1) is 13.8. The summed E-state index contributed by atoms with van der Waals surface area (Å²) in [5, 5.41) is 3.40. The van der Waals surface area contributed by atoms with Gasteiger partial charge in [0.25, 0.3) is 0 Å². The number of likely N-dealkylation sites (tertiary alicyclic amines) is 1. The Labute approximate surface area is 169 Å². The molecule has 0 spiro atoms. The van der Waals surface area contributed by atoms with Gasteiger partial charge in [0.05, 0.1) is 33.5 Å². The van der Waals surface area contributed by atoms with Crippen LogP contribution in [-0.2, 0) is 9.47 Å². The minimum Gasteiger partial charge on any atom is -0.497 e. The number of guanidine groups is 1. The molecule has 1 N–H and O–H groups in total. The molecular weight excluding hydrogens is 358 g/mol. The number of benzene rings is 1. The number of ether oxygens (including phenoxy) is 4. The third-order valence-electron chi connectivity index (χ3n) is 4.58. The summed E-state index contributed by atoms with van der Waals surface area (Å²) in [4.78, 5) is 7.10. The van der Waals surface area contributed by atoms with Gasteiger partial charge in [0.1, 0.15) is 11.5 Å². The second kappa shape index (κ2) is 13.2. The van der Waals surface area contributed by atoms with Crippen molar-refractivity contribution < 1.29 is 18.9 Å². The summed E-state index contributed by atoms with van der Waals surface area (Å²) in [6.45, 7) is 8.43. The Bertz CT molecular complexity index is 583. The Morgan fingerprint density at radius 1 is 1.21 bits per heavy atom. The highest BCUT2D eigenvalue weighted by Gasteiger charge is 2.24. The van der Waals surface area contributed by atoms with E-state index in [1.807, 2.05) is 24.3 Å². The number of hydrogen-bond acceptors (Lipinski definition) is 5. The van der Waals surface area contributed by atoms with Gasteiger partial charge in [-0.25, -0.2) is 0 Å². The van der Waals surface area contributed by atoms with Crippen LogP contribution in [0.15, 0.2) is 29.3 Å². The van der Waals surface area contributed by atoms with Crippen molar-refractivity contribution in [3.05, 3.63) is 24.3 Å². The van der Waals surface area contributed by atoms with Gasteiger partial charge in [0.15, 0.2) is 5.96 Å². The van der Waals surface area contributed by atoms with Crippen molar-refractivity contribution in [1.29, 1.82) is 0 Å². The summed E-state index contributed by atoms with van der Waals surface area (Å²) in [7, 11) is 3.35. The maximum atomic E-state index is 5.79. The molecule has 7 heteroatoms. The maximum absolute atomic E-state index is 5.79. The summed E-state index contributed by atoms with van der Waals surface area (Å²) in [6, 6.07) is 7.67. The van der Waals surface area contributed by atoms with E-state index in [0.29, 0.717) is 25.7 Å². The molecule has 1 aromatic carbocycles. The summed E-state index contributed by atoms with van der Waals surface area (Å²) in [5.41, 5.74) is 0. The van der Waals surface area contributed by atoms with E-state index in [1.165, 1.54) is 0 Å². The highest BCUT2D eigenvalue weighted by molar-refractivity contribution is 5.80. The van der Waals surface area contributed by atoms with Crippen LogP contribution in [0.1, 0.15) is 19.8 Å². The molecule has 1 aromatic rings. The van der Waals surface area contributed by atoms with Gasteiger partial charge >= 0.3 is 0 Å². The molecular formula is C21H35N3O4. The van der Waals surface area contributed by atoms with E-state index >= 15 is 0 Å². The molecule has 158 valence electrons. The summed E-state index contributed by atoms with van der Waals surface area (Å²) >= 11 is 0. The van der Waals surface area contributed by atoms with Crippen molar-refractivity contribution in [2.45, 2.75) is 19.8 Å². The number of nitrogens with one attached hydrogen (secondary N) is 1. The minimum atomic E-state index is 0.553. The SMILES string of the molecule is CCNC(=NCCCOc1cccc(OC)c1)N1CCC(COCCOC)C1. The average Bonchev–Trinajstić information content (AvgIpc) is 3.19. The lowest BCUT2D eigenvalue weighted by Gasteiger charge is -2.21. The Morgan fingerprint density at radius 3 is 2.86 bits per heavy atom. The van der Waals surface area contributed by atoms with Crippen molar-refractivity contribution >= 4 is 5.96 Å². The Balaban J connectivity index is 1.71. The molecule has 0 amide bonds. The van der Waals surface area contributed by atoms with Gasteiger partial charge in [0.2, 0.25) is 0 Å². The third-order valence-corrected chi connectivity index (χ3v) is 4.58. The van der Waals surface area contributed by atoms with Gasteiger partial charge in [-0.1, -0.05) is 6.07 Å². The average molecular weight is 394 g/mol. The van der Waals surface area contributed by atoms with Crippen molar-refractivity contribution in [2.75, 3.05) is 66.8 Å². The third kappa shape index (κ3) is 7.94. The second-order valence-corrected chi connectivity index (χ2v) is 6.79. The lowest BCUT2D eigenvalue weighted by atomic mass is 10.1. The van der Waals surface area contributed by atoms with Crippen LogP contribution in [-0.4, -0.2) is 77.7 Å². The molecule has 0 aliphatic carbocycles. The first-order valence-corrected chi connectivity index (χ1v) is 10.1. The van der Waals surface area contributed by atoms with E-state index in [-0.39, 0.29) is 0 Å². The van der Waals surface area contributed by atoms with Gasteiger partial charge in [-0.15, -0.1) is 0 Å². The van der Waals surface area contributed by atoms with E-state index in [2.05, 4.69) is 17.1 Å². The monoisotopic (exact) mass is 393 g/mol. The predicted octanol–water partition coefficient (Wildman–Crippen LogP) is 2.41. The zero-order valence-electron chi connectivity index (χ0n) is 17.5. The molecule has 7 nitrogen and oxygen atoms in total. The van der Waals surface area contributed by atoms with Crippen LogP contribution in [0.5, 0.6) is 11.5 Å². The fourth-order valence-electron chi connectivity index (χ4n) is 3.11. The topological polar surface area (TPSA) is 64.6 Å². The van der Waals surface area contributed by atoms with Gasteiger partial charge in [0, 0.05) is 51.7 Å². The van der Waals surface area contributed by atoms with Gasteiger partial charge in [-0.3, -0.25) is 4.99 Å². The fourth-order valence-corrected chi connectivity index (χ4v) is 3.11. The van der Waals surface area contributed by atoms with Crippen LogP contribution in [0.25, 0.3) is 0 Å². The first-order valence-electron chi connectivity index (χ1n) is 10.1. The number of rotatable bonds is 12. The zero-order valence-corrected chi connectivity index (χ0v) is 17.5. The van der Waals surface area contributed by atoms with Crippen LogP contribution in [0, 0.1) is 5.92 Å². The molecule has 1 saturated heterocycles. The van der Waals surface area contributed by atoms with E-state index < -0.39 is 0 Å². The predicted molar refractivity (Wildman–Crippen MR) is 111 cm³/mol. The second-order valence-electron chi connectivity index (χ2n) is 6.79. The van der Waals surface area contributed by atoms with Crippen LogP contribution in [0.3, 0.4) is 0 Å². The number of hydrogen-bond donors (Lipinski definition) is 1. The van der Waals surface area contributed by atoms with E-state index in [4.69, 9.17) is 23.9 Å².